The first-order valence-electron chi connectivity index (χ1n) is 4.89. The summed E-state index contributed by atoms with van der Waals surface area (Å²) in [4.78, 5) is 4.31. The van der Waals surface area contributed by atoms with Gasteiger partial charge in [-0.25, -0.2) is 9.99 Å². The number of nitrogens with zero attached hydrogens (tertiary/aromatic N) is 3. The molecule has 1 saturated heterocycles. The van der Waals surface area contributed by atoms with Crippen molar-refractivity contribution in [1.29, 1.82) is 0 Å². The third-order valence-electron chi connectivity index (χ3n) is 2.53. The lowest BCUT2D eigenvalue weighted by Gasteiger charge is -2.27. The van der Waals surface area contributed by atoms with Crippen molar-refractivity contribution in [2.75, 3.05) is 13.1 Å². The van der Waals surface area contributed by atoms with Gasteiger partial charge in [0.05, 0.1) is 0 Å². The van der Waals surface area contributed by atoms with Crippen LogP contribution in [0.15, 0.2) is 17.6 Å². The number of aryl methyl sites for hydroxylation is 1. The fraction of sp³-hybridized carbons (Fsp3) is 0.667. The minimum Gasteiger partial charge on any atom is -0.329 e. The largest absolute Gasteiger partial charge is 0.329 e. The highest BCUT2D eigenvalue weighted by Crippen LogP contribution is 2.27. The number of piperidine rings is 1. The summed E-state index contributed by atoms with van der Waals surface area (Å²) in [7, 11) is 2.04. The Labute approximate surface area is 88.4 Å². The zero-order valence-electron chi connectivity index (χ0n) is 8.39. The van der Waals surface area contributed by atoms with Crippen LogP contribution in [-0.4, -0.2) is 32.9 Å². The predicted octanol–water partition coefficient (Wildman–Crippen LogP) is 0.850. The molecule has 2 heterocycles. The molecule has 0 radical (unpaired) electrons. The molecule has 2 rings (SSSR count). The van der Waals surface area contributed by atoms with Gasteiger partial charge in [0.15, 0.2) is 5.16 Å². The summed E-state index contributed by atoms with van der Waals surface area (Å²) in [5, 5.41) is 3.69. The summed E-state index contributed by atoms with van der Waals surface area (Å²) in [6.45, 7) is 2.00. The van der Waals surface area contributed by atoms with Crippen molar-refractivity contribution in [2.24, 2.45) is 12.9 Å². The van der Waals surface area contributed by atoms with E-state index < -0.39 is 0 Å². The number of nitrogens with two attached hydrogens (primary N) is 1. The van der Waals surface area contributed by atoms with Crippen molar-refractivity contribution in [2.45, 2.75) is 23.2 Å². The molecule has 0 unspecified atom stereocenters. The molecule has 4 nitrogen and oxygen atoms in total. The molecule has 0 spiro atoms. The second-order valence-electron chi connectivity index (χ2n) is 3.67. The molecule has 0 aromatic carbocycles. The van der Waals surface area contributed by atoms with Crippen molar-refractivity contribution < 1.29 is 0 Å². The quantitative estimate of drug-likeness (QED) is 0.738. The fourth-order valence-electron chi connectivity index (χ4n) is 1.61. The normalized spacial score (nSPS) is 20.1. The smallest absolute Gasteiger partial charge is 0.167 e. The Balaban J connectivity index is 1.89. The molecule has 0 atom stereocenters. The van der Waals surface area contributed by atoms with Crippen LogP contribution in [0.25, 0.3) is 0 Å². The number of hydrazine groups is 1. The summed E-state index contributed by atoms with van der Waals surface area (Å²) in [5.41, 5.74) is 0. The number of rotatable bonds is 2. The van der Waals surface area contributed by atoms with Gasteiger partial charge in [-0.15, -0.1) is 0 Å². The molecule has 14 heavy (non-hydrogen) atoms. The summed E-state index contributed by atoms with van der Waals surface area (Å²) < 4.78 is 2.07. The lowest BCUT2D eigenvalue weighted by Crippen LogP contribution is -2.39. The van der Waals surface area contributed by atoms with Crippen LogP contribution >= 0.6 is 11.8 Å². The van der Waals surface area contributed by atoms with Crippen molar-refractivity contribution in [1.82, 2.24) is 14.6 Å². The molecule has 1 aromatic heterocycles. The maximum atomic E-state index is 5.70. The van der Waals surface area contributed by atoms with Gasteiger partial charge in [0.2, 0.25) is 0 Å². The molecular weight excluding hydrogens is 196 g/mol. The SMILES string of the molecule is Cn1ccnc1SC1CCN(N)CC1. The molecule has 2 N–H and O–H groups in total. The van der Waals surface area contributed by atoms with E-state index in [1.54, 1.807) is 0 Å². The number of hydrogen-bond acceptors (Lipinski definition) is 4. The van der Waals surface area contributed by atoms with E-state index in [2.05, 4.69) is 9.55 Å². The molecule has 1 aliphatic rings. The van der Waals surface area contributed by atoms with Crippen LogP contribution < -0.4 is 5.84 Å². The first-order chi connectivity index (χ1) is 6.75. The maximum absolute atomic E-state index is 5.70. The fourth-order valence-corrected chi connectivity index (χ4v) is 2.70. The minimum atomic E-state index is 0.677. The van der Waals surface area contributed by atoms with E-state index in [1.165, 1.54) is 0 Å². The number of imidazole rings is 1. The maximum Gasteiger partial charge on any atom is 0.167 e. The van der Waals surface area contributed by atoms with E-state index in [0.29, 0.717) is 5.25 Å². The van der Waals surface area contributed by atoms with Gasteiger partial charge in [0, 0.05) is 37.8 Å². The van der Waals surface area contributed by atoms with E-state index >= 15 is 0 Å². The minimum absolute atomic E-state index is 0.677. The highest BCUT2D eigenvalue weighted by molar-refractivity contribution is 7.99. The van der Waals surface area contributed by atoms with Gasteiger partial charge < -0.3 is 4.57 Å². The van der Waals surface area contributed by atoms with Gasteiger partial charge >= 0.3 is 0 Å². The van der Waals surface area contributed by atoms with Gasteiger partial charge in [-0.05, 0) is 12.8 Å². The third kappa shape index (κ3) is 2.29. The first kappa shape index (κ1) is 10.0. The molecule has 0 bridgehead atoms. The van der Waals surface area contributed by atoms with Crippen LogP contribution in [-0.2, 0) is 7.05 Å². The van der Waals surface area contributed by atoms with E-state index in [1.807, 2.05) is 36.2 Å². The molecular formula is C9H16N4S. The van der Waals surface area contributed by atoms with Gasteiger partial charge in [-0.3, -0.25) is 5.84 Å². The third-order valence-corrected chi connectivity index (χ3v) is 3.93. The molecule has 0 saturated carbocycles. The molecule has 1 aliphatic heterocycles. The van der Waals surface area contributed by atoms with E-state index in [4.69, 9.17) is 5.84 Å². The molecule has 0 amide bonds. The number of hydrogen-bond donors (Lipinski definition) is 1. The van der Waals surface area contributed by atoms with Crippen molar-refractivity contribution in [3.8, 4) is 0 Å². The first-order valence-corrected chi connectivity index (χ1v) is 5.77. The Morgan fingerprint density at radius 1 is 1.50 bits per heavy atom. The average Bonchev–Trinajstić information content (AvgIpc) is 2.56. The molecule has 0 aliphatic carbocycles. The van der Waals surface area contributed by atoms with E-state index in [0.717, 1.165) is 31.1 Å². The Kier molecular flexibility index (Phi) is 3.10. The Hall–Kier alpha value is -0.520. The summed E-state index contributed by atoms with van der Waals surface area (Å²) in [5.74, 6) is 5.70. The van der Waals surface area contributed by atoms with E-state index in [-0.39, 0.29) is 0 Å². The Morgan fingerprint density at radius 2 is 2.21 bits per heavy atom. The second-order valence-corrected chi connectivity index (χ2v) is 4.94. The van der Waals surface area contributed by atoms with Gasteiger partial charge in [0.1, 0.15) is 0 Å². The topological polar surface area (TPSA) is 47.1 Å². The number of aromatic nitrogens is 2. The predicted molar refractivity (Wildman–Crippen MR) is 57.8 cm³/mol. The highest BCUT2D eigenvalue weighted by atomic mass is 32.2. The van der Waals surface area contributed by atoms with Crippen LogP contribution in [0.3, 0.4) is 0 Å². The summed E-state index contributed by atoms with van der Waals surface area (Å²) >= 11 is 1.87. The van der Waals surface area contributed by atoms with Gasteiger partial charge in [0.25, 0.3) is 0 Å². The van der Waals surface area contributed by atoms with E-state index in [9.17, 15) is 0 Å². The Morgan fingerprint density at radius 3 is 2.79 bits per heavy atom. The van der Waals surface area contributed by atoms with Crippen LogP contribution in [0.1, 0.15) is 12.8 Å². The van der Waals surface area contributed by atoms with Gasteiger partial charge in [-0.2, -0.15) is 0 Å². The molecule has 78 valence electrons. The summed E-state index contributed by atoms with van der Waals surface area (Å²) in [6, 6.07) is 0. The van der Waals surface area contributed by atoms with Crippen LogP contribution in [0.5, 0.6) is 0 Å². The number of thioether (sulfide) groups is 1. The summed E-state index contributed by atoms with van der Waals surface area (Å²) in [6.07, 6.45) is 6.16. The molecule has 5 heteroatoms. The molecule has 1 aromatic rings. The van der Waals surface area contributed by atoms with Crippen molar-refractivity contribution >= 4 is 11.8 Å². The Bertz CT molecular complexity index is 291. The van der Waals surface area contributed by atoms with Crippen molar-refractivity contribution in [3.63, 3.8) is 0 Å². The zero-order valence-corrected chi connectivity index (χ0v) is 9.20. The van der Waals surface area contributed by atoms with Crippen molar-refractivity contribution in [3.05, 3.63) is 12.4 Å². The average molecular weight is 212 g/mol. The van der Waals surface area contributed by atoms with Gasteiger partial charge in [-0.1, -0.05) is 11.8 Å². The monoisotopic (exact) mass is 212 g/mol. The second kappa shape index (κ2) is 4.33. The zero-order chi connectivity index (χ0) is 9.97. The van der Waals surface area contributed by atoms with Crippen LogP contribution in [0.4, 0.5) is 0 Å². The standard InChI is InChI=1S/C9H16N4S/c1-12-7-4-11-9(12)14-8-2-5-13(10)6-3-8/h4,7-8H,2-3,5-6,10H2,1H3. The molecule has 1 fully saturated rings. The van der Waals surface area contributed by atoms with Crippen LogP contribution in [0, 0.1) is 0 Å². The highest BCUT2D eigenvalue weighted by Gasteiger charge is 2.19. The lowest BCUT2D eigenvalue weighted by atomic mass is 10.1. The lowest BCUT2D eigenvalue weighted by molar-refractivity contribution is 0.239. The van der Waals surface area contributed by atoms with Crippen LogP contribution in [0.2, 0.25) is 0 Å².